The number of carbonyl (C=O) groups is 1. The van der Waals surface area contributed by atoms with Crippen LogP contribution < -0.4 is 15.6 Å². The molecule has 28 heavy (non-hydrogen) atoms. The number of nitrogens with zero attached hydrogens (tertiary/aromatic N) is 2. The Balaban J connectivity index is 2.21. The topological polar surface area (TPSA) is 73.2 Å². The van der Waals surface area contributed by atoms with Crippen LogP contribution >= 0.6 is 11.8 Å². The van der Waals surface area contributed by atoms with Crippen molar-refractivity contribution in [3.8, 4) is 11.4 Å². The van der Waals surface area contributed by atoms with Gasteiger partial charge in [0.05, 0.1) is 28.4 Å². The van der Waals surface area contributed by atoms with Gasteiger partial charge in [0.2, 0.25) is 5.91 Å². The van der Waals surface area contributed by atoms with Gasteiger partial charge in [0.1, 0.15) is 5.75 Å². The lowest BCUT2D eigenvalue weighted by atomic mass is 10.2. The molecular formula is C21H23N3O3S. The largest absolute Gasteiger partial charge is 0.492 e. The molecule has 0 saturated carbocycles. The Morgan fingerprint density at radius 2 is 1.89 bits per heavy atom. The van der Waals surface area contributed by atoms with E-state index in [1.54, 1.807) is 19.1 Å². The predicted octanol–water partition coefficient (Wildman–Crippen LogP) is 3.40. The number of ether oxygens (including phenoxy) is 1. The van der Waals surface area contributed by atoms with Crippen LogP contribution in [0.15, 0.2) is 58.5 Å². The van der Waals surface area contributed by atoms with Crippen LogP contribution in [0, 0.1) is 0 Å². The molecule has 2 aromatic carbocycles. The third kappa shape index (κ3) is 4.04. The molecule has 6 nitrogen and oxygen atoms in total. The van der Waals surface area contributed by atoms with Crippen LogP contribution in [0.2, 0.25) is 0 Å². The van der Waals surface area contributed by atoms with E-state index >= 15 is 0 Å². The fourth-order valence-electron chi connectivity index (χ4n) is 2.85. The monoisotopic (exact) mass is 397 g/mol. The maximum Gasteiger partial charge on any atom is 0.266 e. The number of hydrogen-bond donors (Lipinski definition) is 1. The molecule has 0 saturated heterocycles. The number of rotatable bonds is 7. The second kappa shape index (κ2) is 8.93. The summed E-state index contributed by atoms with van der Waals surface area (Å²) in [5, 5.41) is 3.38. The highest BCUT2D eigenvalue weighted by Crippen LogP contribution is 2.29. The highest BCUT2D eigenvalue weighted by molar-refractivity contribution is 8.00. The average Bonchev–Trinajstić information content (AvgIpc) is 2.69. The molecule has 0 spiro atoms. The Kier molecular flexibility index (Phi) is 6.36. The van der Waals surface area contributed by atoms with Gasteiger partial charge in [-0.25, -0.2) is 4.98 Å². The van der Waals surface area contributed by atoms with Gasteiger partial charge in [-0.2, -0.15) is 0 Å². The van der Waals surface area contributed by atoms with E-state index in [9.17, 15) is 9.59 Å². The second-order valence-corrected chi connectivity index (χ2v) is 7.42. The Morgan fingerprint density at radius 1 is 1.18 bits per heavy atom. The van der Waals surface area contributed by atoms with Crippen LogP contribution in [0.4, 0.5) is 0 Å². The normalized spacial score (nSPS) is 12.0. The summed E-state index contributed by atoms with van der Waals surface area (Å²) in [7, 11) is 0. The molecule has 0 aliphatic carbocycles. The predicted molar refractivity (Wildman–Crippen MR) is 113 cm³/mol. The first kappa shape index (κ1) is 19.9. The summed E-state index contributed by atoms with van der Waals surface area (Å²) in [6.07, 6.45) is 0. The van der Waals surface area contributed by atoms with Crippen LogP contribution in [0.1, 0.15) is 20.8 Å². The standard InChI is InChI=1S/C21H23N3O3S/c1-4-22-19(25)14(3)28-21-23-16-11-7-6-10-15(16)20(26)24(21)17-12-8-9-13-18(17)27-5-2/h6-14H,4-5H2,1-3H3,(H,22,25)/t14-/m0/s1. The number of para-hydroxylation sites is 3. The molecule has 0 bridgehead atoms. The van der Waals surface area contributed by atoms with E-state index in [-0.39, 0.29) is 11.5 Å². The minimum Gasteiger partial charge on any atom is -0.492 e. The summed E-state index contributed by atoms with van der Waals surface area (Å²) >= 11 is 1.25. The summed E-state index contributed by atoms with van der Waals surface area (Å²) in [6.45, 7) is 6.60. The molecular weight excluding hydrogens is 374 g/mol. The lowest BCUT2D eigenvalue weighted by molar-refractivity contribution is -0.120. The van der Waals surface area contributed by atoms with Crippen LogP contribution in [0.5, 0.6) is 5.75 Å². The maximum atomic E-state index is 13.3. The summed E-state index contributed by atoms with van der Waals surface area (Å²) in [5.74, 6) is 0.497. The van der Waals surface area contributed by atoms with Crippen molar-refractivity contribution in [2.24, 2.45) is 0 Å². The van der Waals surface area contributed by atoms with E-state index in [0.29, 0.717) is 40.6 Å². The maximum absolute atomic E-state index is 13.3. The molecule has 0 aliphatic heterocycles. The van der Waals surface area contributed by atoms with Crippen molar-refractivity contribution in [3.05, 3.63) is 58.9 Å². The third-order valence-corrected chi connectivity index (χ3v) is 5.21. The van der Waals surface area contributed by atoms with E-state index in [4.69, 9.17) is 4.74 Å². The van der Waals surface area contributed by atoms with Gasteiger partial charge in [0, 0.05) is 6.54 Å². The minimum atomic E-state index is -0.404. The SMILES string of the molecule is CCNC(=O)[C@H](C)Sc1nc2ccccc2c(=O)n1-c1ccccc1OCC. The number of hydrogen-bond acceptors (Lipinski definition) is 5. The number of thioether (sulfide) groups is 1. The van der Waals surface area contributed by atoms with Gasteiger partial charge in [-0.05, 0) is 45.0 Å². The van der Waals surface area contributed by atoms with Crippen molar-refractivity contribution in [3.63, 3.8) is 0 Å². The average molecular weight is 398 g/mol. The first-order valence-electron chi connectivity index (χ1n) is 9.25. The zero-order valence-corrected chi connectivity index (χ0v) is 17.0. The van der Waals surface area contributed by atoms with Gasteiger partial charge in [0.25, 0.3) is 5.56 Å². The summed E-state index contributed by atoms with van der Waals surface area (Å²) in [6, 6.07) is 14.6. The van der Waals surface area contributed by atoms with Crippen LogP contribution in [0.3, 0.4) is 0 Å². The Bertz CT molecular complexity index is 1050. The van der Waals surface area contributed by atoms with Gasteiger partial charge in [0.15, 0.2) is 5.16 Å². The van der Waals surface area contributed by atoms with E-state index in [1.807, 2.05) is 50.2 Å². The van der Waals surface area contributed by atoms with Gasteiger partial charge >= 0.3 is 0 Å². The molecule has 3 rings (SSSR count). The van der Waals surface area contributed by atoms with Crippen LogP contribution in [-0.4, -0.2) is 33.9 Å². The first-order chi connectivity index (χ1) is 13.6. The Morgan fingerprint density at radius 3 is 2.64 bits per heavy atom. The molecule has 1 atom stereocenters. The molecule has 0 radical (unpaired) electrons. The van der Waals surface area contributed by atoms with Gasteiger partial charge < -0.3 is 10.1 Å². The van der Waals surface area contributed by atoms with E-state index in [0.717, 1.165) is 0 Å². The summed E-state index contributed by atoms with van der Waals surface area (Å²) < 4.78 is 7.26. The smallest absolute Gasteiger partial charge is 0.266 e. The summed E-state index contributed by atoms with van der Waals surface area (Å²) in [4.78, 5) is 30.3. The molecule has 1 heterocycles. The van der Waals surface area contributed by atoms with E-state index < -0.39 is 5.25 Å². The number of aromatic nitrogens is 2. The zero-order valence-electron chi connectivity index (χ0n) is 16.1. The molecule has 0 aliphatic rings. The fourth-order valence-corrected chi connectivity index (χ4v) is 3.80. The highest BCUT2D eigenvalue weighted by Gasteiger charge is 2.21. The number of benzene rings is 2. The van der Waals surface area contributed by atoms with Gasteiger partial charge in [-0.1, -0.05) is 36.0 Å². The molecule has 1 aromatic heterocycles. The van der Waals surface area contributed by atoms with E-state index in [1.165, 1.54) is 16.3 Å². The number of nitrogens with one attached hydrogen (secondary N) is 1. The van der Waals surface area contributed by atoms with E-state index in [2.05, 4.69) is 10.3 Å². The minimum absolute atomic E-state index is 0.0976. The van der Waals surface area contributed by atoms with Crippen molar-refractivity contribution in [2.45, 2.75) is 31.2 Å². The van der Waals surface area contributed by atoms with Crippen molar-refractivity contribution in [1.29, 1.82) is 0 Å². The number of carbonyl (C=O) groups excluding carboxylic acids is 1. The molecule has 7 heteroatoms. The highest BCUT2D eigenvalue weighted by atomic mass is 32.2. The molecule has 1 N–H and O–H groups in total. The van der Waals surface area contributed by atoms with Gasteiger partial charge in [-0.3, -0.25) is 14.2 Å². The van der Waals surface area contributed by atoms with Gasteiger partial charge in [-0.15, -0.1) is 0 Å². The lowest BCUT2D eigenvalue weighted by Gasteiger charge is -2.18. The second-order valence-electron chi connectivity index (χ2n) is 6.11. The van der Waals surface area contributed by atoms with Crippen molar-refractivity contribution in [1.82, 2.24) is 14.9 Å². The molecule has 1 amide bonds. The molecule has 146 valence electrons. The van der Waals surface area contributed by atoms with Crippen LogP contribution in [0.25, 0.3) is 16.6 Å². The molecule has 0 unspecified atom stereocenters. The Hall–Kier alpha value is -2.80. The fraction of sp³-hybridized carbons (Fsp3) is 0.286. The quantitative estimate of drug-likeness (QED) is 0.489. The zero-order chi connectivity index (χ0) is 20.1. The lowest BCUT2D eigenvalue weighted by Crippen LogP contribution is -2.31. The van der Waals surface area contributed by atoms with Crippen molar-refractivity contribution < 1.29 is 9.53 Å². The summed E-state index contributed by atoms with van der Waals surface area (Å²) in [5.41, 5.74) is 1.02. The number of fused-ring (bicyclic) bond motifs is 1. The number of amides is 1. The van der Waals surface area contributed by atoms with Crippen molar-refractivity contribution in [2.75, 3.05) is 13.2 Å². The molecule has 3 aromatic rings. The third-order valence-electron chi connectivity index (χ3n) is 4.15. The van der Waals surface area contributed by atoms with Crippen molar-refractivity contribution >= 4 is 28.6 Å². The van der Waals surface area contributed by atoms with Crippen LogP contribution in [-0.2, 0) is 4.79 Å². The Labute approximate surface area is 167 Å². The molecule has 0 fully saturated rings. The first-order valence-corrected chi connectivity index (χ1v) is 10.1.